The monoisotopic (exact) mass is 388 g/mol. The summed E-state index contributed by atoms with van der Waals surface area (Å²) < 4.78 is 32.1. The summed E-state index contributed by atoms with van der Waals surface area (Å²) in [6, 6.07) is 10.4. The number of anilines is 1. The molecule has 0 spiro atoms. The van der Waals surface area contributed by atoms with Crippen molar-refractivity contribution in [3.05, 3.63) is 52.5 Å². The van der Waals surface area contributed by atoms with Crippen molar-refractivity contribution in [2.24, 2.45) is 5.73 Å². The van der Waals surface area contributed by atoms with Crippen molar-refractivity contribution >= 4 is 44.8 Å². The van der Waals surface area contributed by atoms with E-state index in [1.807, 2.05) is 0 Å². The van der Waals surface area contributed by atoms with Crippen molar-refractivity contribution < 1.29 is 17.9 Å². The summed E-state index contributed by atoms with van der Waals surface area (Å²) in [6.45, 7) is -0.578. The number of primary amides is 1. The van der Waals surface area contributed by atoms with E-state index in [0.29, 0.717) is 0 Å². The summed E-state index contributed by atoms with van der Waals surface area (Å²) in [4.78, 5) is 11.2. The second-order valence-electron chi connectivity index (χ2n) is 4.72. The molecule has 1 amide bonds. The van der Waals surface area contributed by atoms with Gasteiger partial charge in [-0.1, -0.05) is 35.3 Å². The zero-order chi connectivity index (χ0) is 17.9. The lowest BCUT2D eigenvalue weighted by molar-refractivity contribution is -0.116. The standard InChI is InChI=1S/C15H14Cl2N2O4S/c1-23-13-5-3-2-4-12(13)19(9-15(18)20)24(21,22)14-8-10(16)6-7-11(14)17/h2-8H,9H2,1H3,(H2,18,20). The number of nitrogens with zero attached hydrogens (tertiary/aromatic N) is 1. The number of carbonyl (C=O) groups excluding carboxylic acids is 1. The Hall–Kier alpha value is -1.96. The van der Waals surface area contributed by atoms with Gasteiger partial charge < -0.3 is 10.5 Å². The molecular formula is C15H14Cl2N2O4S. The summed E-state index contributed by atoms with van der Waals surface area (Å²) in [5.41, 5.74) is 5.38. The molecule has 0 radical (unpaired) electrons. The molecule has 2 aromatic carbocycles. The smallest absolute Gasteiger partial charge is 0.266 e. The van der Waals surface area contributed by atoms with Crippen molar-refractivity contribution in [3.63, 3.8) is 0 Å². The van der Waals surface area contributed by atoms with Crippen LogP contribution < -0.4 is 14.8 Å². The fraction of sp³-hybridized carbons (Fsp3) is 0.133. The predicted octanol–water partition coefficient (Wildman–Crippen LogP) is 2.68. The number of ether oxygens (including phenoxy) is 1. The highest BCUT2D eigenvalue weighted by molar-refractivity contribution is 7.93. The van der Waals surface area contributed by atoms with Gasteiger partial charge in [0.25, 0.3) is 10.0 Å². The first kappa shape index (κ1) is 18.4. The van der Waals surface area contributed by atoms with Crippen LogP contribution in [0.25, 0.3) is 0 Å². The summed E-state index contributed by atoms with van der Waals surface area (Å²) >= 11 is 11.9. The molecule has 2 aromatic rings. The van der Waals surface area contributed by atoms with Gasteiger partial charge in [0, 0.05) is 5.02 Å². The zero-order valence-corrected chi connectivity index (χ0v) is 14.9. The van der Waals surface area contributed by atoms with Crippen LogP contribution in [0, 0.1) is 0 Å². The minimum Gasteiger partial charge on any atom is -0.495 e. The van der Waals surface area contributed by atoms with Gasteiger partial charge in [-0.3, -0.25) is 9.10 Å². The molecule has 0 unspecified atom stereocenters. The second-order valence-corrected chi connectivity index (χ2v) is 7.40. The van der Waals surface area contributed by atoms with Crippen LogP contribution in [0.1, 0.15) is 0 Å². The van der Waals surface area contributed by atoms with Crippen molar-refractivity contribution in [1.82, 2.24) is 0 Å². The molecule has 0 saturated heterocycles. The molecular weight excluding hydrogens is 375 g/mol. The maximum Gasteiger partial charge on any atom is 0.266 e. The van der Waals surface area contributed by atoms with Gasteiger partial charge in [-0.2, -0.15) is 0 Å². The first-order valence-corrected chi connectivity index (χ1v) is 8.86. The number of halogens is 2. The maximum absolute atomic E-state index is 13.0. The Balaban J connectivity index is 2.67. The summed E-state index contributed by atoms with van der Waals surface area (Å²) in [7, 11) is -2.81. The Morgan fingerprint density at radius 2 is 1.88 bits per heavy atom. The molecule has 0 aliphatic carbocycles. The third-order valence-electron chi connectivity index (χ3n) is 3.11. The lowest BCUT2D eigenvalue weighted by atomic mass is 10.3. The van der Waals surface area contributed by atoms with Crippen LogP contribution in [-0.4, -0.2) is 28.0 Å². The van der Waals surface area contributed by atoms with E-state index in [1.54, 1.807) is 18.2 Å². The van der Waals surface area contributed by atoms with Gasteiger partial charge in [-0.05, 0) is 30.3 Å². The Kier molecular flexibility index (Phi) is 5.58. The van der Waals surface area contributed by atoms with Gasteiger partial charge in [0.1, 0.15) is 17.2 Å². The van der Waals surface area contributed by atoms with E-state index in [4.69, 9.17) is 33.7 Å². The molecule has 0 aromatic heterocycles. The van der Waals surface area contributed by atoms with E-state index >= 15 is 0 Å². The fourth-order valence-corrected chi connectivity index (χ4v) is 4.25. The minimum atomic E-state index is -4.20. The third kappa shape index (κ3) is 3.75. The molecule has 0 fully saturated rings. The van der Waals surface area contributed by atoms with Gasteiger partial charge in [-0.25, -0.2) is 8.42 Å². The molecule has 0 saturated carbocycles. The number of amides is 1. The number of benzene rings is 2. The van der Waals surface area contributed by atoms with Gasteiger partial charge in [0.05, 0.1) is 17.8 Å². The van der Waals surface area contributed by atoms with Gasteiger partial charge >= 0.3 is 0 Å². The lowest BCUT2D eigenvalue weighted by Crippen LogP contribution is -2.38. The number of sulfonamides is 1. The van der Waals surface area contributed by atoms with E-state index in [2.05, 4.69) is 0 Å². The minimum absolute atomic E-state index is 0.0243. The first-order chi connectivity index (χ1) is 11.3. The van der Waals surface area contributed by atoms with Crippen LogP contribution in [0.2, 0.25) is 10.0 Å². The largest absolute Gasteiger partial charge is 0.495 e. The molecule has 9 heteroatoms. The fourth-order valence-electron chi connectivity index (χ4n) is 2.07. The highest BCUT2D eigenvalue weighted by atomic mass is 35.5. The molecule has 0 bridgehead atoms. The molecule has 0 heterocycles. The normalized spacial score (nSPS) is 11.1. The van der Waals surface area contributed by atoms with Crippen molar-refractivity contribution in [3.8, 4) is 5.75 Å². The number of carbonyl (C=O) groups is 1. The zero-order valence-electron chi connectivity index (χ0n) is 12.6. The Bertz CT molecular complexity index is 872. The molecule has 2 rings (SSSR count). The first-order valence-electron chi connectivity index (χ1n) is 6.66. The number of hydrogen-bond donors (Lipinski definition) is 1. The molecule has 24 heavy (non-hydrogen) atoms. The van der Waals surface area contributed by atoms with Crippen molar-refractivity contribution in [1.29, 1.82) is 0 Å². The van der Waals surface area contributed by atoms with Crippen LogP contribution in [0.3, 0.4) is 0 Å². The number of hydrogen-bond acceptors (Lipinski definition) is 4. The van der Waals surface area contributed by atoms with Crippen LogP contribution >= 0.6 is 23.2 Å². The van der Waals surface area contributed by atoms with Gasteiger partial charge in [0.2, 0.25) is 5.91 Å². The highest BCUT2D eigenvalue weighted by Crippen LogP contribution is 2.34. The Morgan fingerprint density at radius 1 is 1.21 bits per heavy atom. The average Bonchev–Trinajstić information content (AvgIpc) is 2.54. The average molecular weight is 389 g/mol. The molecule has 0 atom stereocenters. The van der Waals surface area contributed by atoms with Gasteiger partial charge in [-0.15, -0.1) is 0 Å². The van der Waals surface area contributed by atoms with E-state index in [1.165, 1.54) is 31.4 Å². The van der Waals surface area contributed by atoms with Crippen molar-refractivity contribution in [2.75, 3.05) is 18.0 Å². The van der Waals surface area contributed by atoms with E-state index in [-0.39, 0.29) is 26.4 Å². The number of rotatable bonds is 6. The number of nitrogens with two attached hydrogens (primary N) is 1. The summed E-state index contributed by atoms with van der Waals surface area (Å²) in [5.74, 6) is -0.567. The molecule has 2 N–H and O–H groups in total. The molecule has 6 nitrogen and oxygen atoms in total. The second kappa shape index (κ2) is 7.29. The van der Waals surface area contributed by atoms with Crippen LogP contribution in [-0.2, 0) is 14.8 Å². The van der Waals surface area contributed by atoms with E-state index < -0.39 is 22.5 Å². The van der Waals surface area contributed by atoms with Crippen molar-refractivity contribution in [2.45, 2.75) is 4.90 Å². The number of methoxy groups -OCH3 is 1. The van der Waals surface area contributed by atoms with Crippen LogP contribution in [0.4, 0.5) is 5.69 Å². The Labute approximate surface area is 149 Å². The molecule has 128 valence electrons. The summed E-state index contributed by atoms with van der Waals surface area (Å²) in [5, 5.41) is 0.167. The maximum atomic E-state index is 13.0. The predicted molar refractivity (Wildman–Crippen MR) is 93.2 cm³/mol. The molecule has 0 aliphatic heterocycles. The van der Waals surface area contributed by atoms with Crippen LogP contribution in [0.15, 0.2) is 47.4 Å². The van der Waals surface area contributed by atoms with E-state index in [9.17, 15) is 13.2 Å². The van der Waals surface area contributed by atoms with E-state index in [0.717, 1.165) is 4.31 Å². The van der Waals surface area contributed by atoms with Crippen LogP contribution in [0.5, 0.6) is 5.75 Å². The third-order valence-corrected chi connectivity index (χ3v) is 5.59. The number of para-hydroxylation sites is 2. The Morgan fingerprint density at radius 3 is 2.50 bits per heavy atom. The summed E-state index contributed by atoms with van der Waals surface area (Å²) in [6.07, 6.45) is 0. The SMILES string of the molecule is COc1ccccc1N(CC(N)=O)S(=O)(=O)c1cc(Cl)ccc1Cl. The molecule has 0 aliphatic rings. The highest BCUT2D eigenvalue weighted by Gasteiger charge is 2.30. The lowest BCUT2D eigenvalue weighted by Gasteiger charge is -2.25. The van der Waals surface area contributed by atoms with Gasteiger partial charge in [0.15, 0.2) is 0 Å². The topological polar surface area (TPSA) is 89.7 Å². The quantitative estimate of drug-likeness (QED) is 0.823.